The Bertz CT molecular complexity index is 524. The Kier molecular flexibility index (Phi) is 5.96. The van der Waals surface area contributed by atoms with Crippen molar-refractivity contribution < 1.29 is 14.3 Å². The van der Waals surface area contributed by atoms with E-state index in [4.69, 9.17) is 9.47 Å². The highest BCUT2D eigenvalue weighted by molar-refractivity contribution is 5.67. The predicted octanol–water partition coefficient (Wildman–Crippen LogP) is 3.05. The summed E-state index contributed by atoms with van der Waals surface area (Å²) >= 11 is 0. The van der Waals surface area contributed by atoms with Crippen molar-refractivity contribution in [2.24, 2.45) is 0 Å². The van der Waals surface area contributed by atoms with Gasteiger partial charge < -0.3 is 14.8 Å². The molecule has 0 atom stereocenters. The molecule has 1 amide bonds. The van der Waals surface area contributed by atoms with Crippen LogP contribution in [0.3, 0.4) is 0 Å². The number of hydrogen-bond acceptors (Lipinski definition) is 3. The highest BCUT2D eigenvalue weighted by atomic mass is 16.6. The molecule has 21 heavy (non-hydrogen) atoms. The summed E-state index contributed by atoms with van der Waals surface area (Å²) in [7, 11) is 0. The van der Waals surface area contributed by atoms with Gasteiger partial charge in [0.05, 0.1) is 6.54 Å². The maximum absolute atomic E-state index is 11.5. The smallest absolute Gasteiger partial charge is 0.408 e. The summed E-state index contributed by atoms with van der Waals surface area (Å²) in [6.07, 6.45) is 3.95. The Hall–Kier alpha value is -2.15. The van der Waals surface area contributed by atoms with Gasteiger partial charge in [-0.05, 0) is 44.2 Å². The van der Waals surface area contributed by atoms with Gasteiger partial charge in [0.2, 0.25) is 0 Å². The van der Waals surface area contributed by atoms with Crippen LogP contribution in [0.2, 0.25) is 0 Å². The first-order chi connectivity index (χ1) is 10.3. The minimum Gasteiger partial charge on any atom is -0.481 e. The molecule has 1 saturated carbocycles. The van der Waals surface area contributed by atoms with E-state index in [1.54, 1.807) is 0 Å². The zero-order valence-electron chi connectivity index (χ0n) is 12.4. The molecule has 1 fully saturated rings. The van der Waals surface area contributed by atoms with Crippen molar-refractivity contribution in [3.8, 4) is 17.6 Å². The molecule has 0 spiro atoms. The van der Waals surface area contributed by atoms with Gasteiger partial charge in [-0.2, -0.15) is 0 Å². The summed E-state index contributed by atoms with van der Waals surface area (Å²) in [5.41, 5.74) is 1.08. The first-order valence-corrected chi connectivity index (χ1v) is 7.34. The van der Waals surface area contributed by atoms with E-state index >= 15 is 0 Å². The monoisotopic (exact) mass is 287 g/mol. The summed E-state index contributed by atoms with van der Waals surface area (Å²) in [5, 5.41) is 2.63. The number of alkyl carbamates (subject to hydrolysis) is 1. The number of aryl methyl sites for hydroxylation is 1. The molecule has 1 aromatic carbocycles. The zero-order chi connectivity index (χ0) is 14.9. The molecule has 0 saturated heterocycles. The molecular weight excluding hydrogens is 266 g/mol. The van der Waals surface area contributed by atoms with Crippen molar-refractivity contribution >= 4 is 6.09 Å². The van der Waals surface area contributed by atoms with Gasteiger partial charge in [0.25, 0.3) is 0 Å². The van der Waals surface area contributed by atoms with Crippen LogP contribution in [0.1, 0.15) is 31.2 Å². The van der Waals surface area contributed by atoms with Gasteiger partial charge in [0, 0.05) is 0 Å². The zero-order valence-corrected chi connectivity index (χ0v) is 12.4. The minimum absolute atomic E-state index is 0.0855. The maximum Gasteiger partial charge on any atom is 0.408 e. The van der Waals surface area contributed by atoms with Crippen LogP contribution >= 0.6 is 0 Å². The third-order valence-corrected chi connectivity index (χ3v) is 3.42. The molecule has 112 valence electrons. The number of nitrogens with one attached hydrogen (secondary N) is 1. The fourth-order valence-corrected chi connectivity index (χ4v) is 2.26. The van der Waals surface area contributed by atoms with Crippen LogP contribution in [0.4, 0.5) is 4.79 Å². The Morgan fingerprint density at radius 3 is 2.81 bits per heavy atom. The number of para-hydroxylation sites is 1. The quantitative estimate of drug-likeness (QED) is 0.866. The van der Waals surface area contributed by atoms with Gasteiger partial charge in [0.15, 0.2) is 0 Å². The summed E-state index contributed by atoms with van der Waals surface area (Å²) in [5.74, 6) is 6.55. The molecule has 2 rings (SSSR count). The van der Waals surface area contributed by atoms with Gasteiger partial charge in [0.1, 0.15) is 18.5 Å². The molecular formula is C17H21NO3. The average molecular weight is 287 g/mol. The van der Waals surface area contributed by atoms with Crippen LogP contribution in [0.15, 0.2) is 24.3 Å². The van der Waals surface area contributed by atoms with Crippen LogP contribution in [-0.4, -0.2) is 25.3 Å². The van der Waals surface area contributed by atoms with E-state index in [9.17, 15) is 4.79 Å². The number of carbonyl (C=O) groups is 1. The Balaban J connectivity index is 1.60. The van der Waals surface area contributed by atoms with E-state index in [-0.39, 0.29) is 18.7 Å². The molecule has 0 bridgehead atoms. The Morgan fingerprint density at radius 1 is 1.29 bits per heavy atom. The van der Waals surface area contributed by atoms with Crippen LogP contribution in [0.5, 0.6) is 5.75 Å². The maximum atomic E-state index is 11.5. The molecule has 1 aliphatic carbocycles. The molecule has 0 aromatic heterocycles. The summed E-state index contributed by atoms with van der Waals surface area (Å²) < 4.78 is 10.8. The molecule has 0 aliphatic heterocycles. The largest absolute Gasteiger partial charge is 0.481 e. The summed E-state index contributed by atoms with van der Waals surface area (Å²) in [6.45, 7) is 2.58. The lowest BCUT2D eigenvalue weighted by Gasteiger charge is -2.10. The lowest BCUT2D eigenvalue weighted by atomic mass is 10.2. The van der Waals surface area contributed by atoms with Crippen molar-refractivity contribution in [3.05, 3.63) is 29.8 Å². The van der Waals surface area contributed by atoms with Gasteiger partial charge in [-0.3, -0.25) is 0 Å². The lowest BCUT2D eigenvalue weighted by Crippen LogP contribution is -2.28. The van der Waals surface area contributed by atoms with Gasteiger partial charge >= 0.3 is 6.09 Å². The molecule has 1 aliphatic rings. The van der Waals surface area contributed by atoms with E-state index < -0.39 is 0 Å². The van der Waals surface area contributed by atoms with Gasteiger partial charge in [-0.25, -0.2) is 4.79 Å². The normalized spacial score (nSPS) is 14.1. The second-order valence-electron chi connectivity index (χ2n) is 5.07. The summed E-state index contributed by atoms with van der Waals surface area (Å²) in [6, 6.07) is 7.79. The van der Waals surface area contributed by atoms with E-state index in [0.717, 1.165) is 37.0 Å². The third kappa shape index (κ3) is 5.39. The van der Waals surface area contributed by atoms with Crippen molar-refractivity contribution in [2.45, 2.75) is 38.7 Å². The number of carbonyl (C=O) groups excluding carboxylic acids is 1. The molecule has 0 unspecified atom stereocenters. The van der Waals surface area contributed by atoms with E-state index in [0.29, 0.717) is 6.61 Å². The van der Waals surface area contributed by atoms with Crippen LogP contribution in [0.25, 0.3) is 0 Å². The Labute approximate surface area is 125 Å². The van der Waals surface area contributed by atoms with Crippen LogP contribution < -0.4 is 10.1 Å². The molecule has 0 heterocycles. The standard InChI is InChI=1S/C17H21NO3/c1-14-8-2-5-11-16(14)20-13-7-6-12-18-17(19)21-15-9-3-4-10-15/h2,5,8,11,15H,3-4,9-10,12-13H2,1H3,(H,18,19). The number of ether oxygens (including phenoxy) is 2. The fourth-order valence-electron chi connectivity index (χ4n) is 2.26. The van der Waals surface area contributed by atoms with E-state index in [2.05, 4.69) is 17.2 Å². The van der Waals surface area contributed by atoms with E-state index in [1.807, 2.05) is 31.2 Å². The molecule has 0 radical (unpaired) electrons. The van der Waals surface area contributed by atoms with Crippen molar-refractivity contribution in [3.63, 3.8) is 0 Å². The molecule has 4 nitrogen and oxygen atoms in total. The average Bonchev–Trinajstić information content (AvgIpc) is 2.97. The van der Waals surface area contributed by atoms with Gasteiger partial charge in [-0.15, -0.1) is 0 Å². The number of rotatable bonds is 4. The fraction of sp³-hybridized carbons (Fsp3) is 0.471. The highest BCUT2D eigenvalue weighted by Crippen LogP contribution is 2.20. The predicted molar refractivity (Wildman–Crippen MR) is 81.2 cm³/mol. The number of hydrogen-bond donors (Lipinski definition) is 1. The van der Waals surface area contributed by atoms with Crippen LogP contribution in [-0.2, 0) is 4.74 Å². The Morgan fingerprint density at radius 2 is 2.05 bits per heavy atom. The second kappa shape index (κ2) is 8.21. The first-order valence-electron chi connectivity index (χ1n) is 7.34. The van der Waals surface area contributed by atoms with Crippen LogP contribution in [0, 0.1) is 18.8 Å². The second-order valence-corrected chi connectivity index (χ2v) is 5.07. The topological polar surface area (TPSA) is 47.6 Å². The van der Waals surface area contributed by atoms with Crippen molar-refractivity contribution in [1.82, 2.24) is 5.32 Å². The summed E-state index contributed by atoms with van der Waals surface area (Å²) in [4.78, 5) is 11.5. The first kappa shape index (κ1) is 15.2. The SMILES string of the molecule is Cc1ccccc1OCC#CCNC(=O)OC1CCCC1. The molecule has 4 heteroatoms. The van der Waals surface area contributed by atoms with E-state index in [1.165, 1.54) is 0 Å². The molecule has 1 N–H and O–H groups in total. The third-order valence-electron chi connectivity index (χ3n) is 3.42. The highest BCUT2D eigenvalue weighted by Gasteiger charge is 2.18. The number of amides is 1. The number of benzene rings is 1. The minimum atomic E-state index is -0.379. The van der Waals surface area contributed by atoms with Crippen molar-refractivity contribution in [2.75, 3.05) is 13.2 Å². The molecule has 1 aromatic rings. The lowest BCUT2D eigenvalue weighted by molar-refractivity contribution is 0.102. The van der Waals surface area contributed by atoms with Gasteiger partial charge in [-0.1, -0.05) is 30.0 Å². The van der Waals surface area contributed by atoms with Crippen molar-refractivity contribution in [1.29, 1.82) is 0 Å².